The van der Waals surface area contributed by atoms with Gasteiger partial charge >= 0.3 is 0 Å². The summed E-state index contributed by atoms with van der Waals surface area (Å²) < 4.78 is 21.9. The van der Waals surface area contributed by atoms with Crippen molar-refractivity contribution < 1.29 is 18.4 Å². The van der Waals surface area contributed by atoms with Crippen molar-refractivity contribution in [2.24, 2.45) is 5.92 Å². The number of methoxy groups -OCH3 is 1. The first-order valence-corrected chi connectivity index (χ1v) is 8.88. The Labute approximate surface area is 148 Å². The summed E-state index contributed by atoms with van der Waals surface area (Å²) in [7, 11) is 1.66. The van der Waals surface area contributed by atoms with Crippen molar-refractivity contribution in [3.63, 3.8) is 0 Å². The molecule has 0 radical (unpaired) electrons. The van der Waals surface area contributed by atoms with Gasteiger partial charge < -0.3 is 18.4 Å². The van der Waals surface area contributed by atoms with Crippen molar-refractivity contribution >= 4 is 0 Å². The van der Waals surface area contributed by atoms with E-state index < -0.39 is 0 Å². The smallest absolute Gasteiger partial charge is 0.244 e. The maximum atomic E-state index is 5.76. The molecule has 0 aliphatic carbocycles. The zero-order valence-electron chi connectivity index (χ0n) is 15.2. The largest absolute Gasteiger partial charge is 0.462 e. The van der Waals surface area contributed by atoms with Crippen LogP contribution < -0.4 is 5.32 Å². The topological polar surface area (TPSA) is 82.5 Å². The molecule has 0 bridgehead atoms. The Morgan fingerprint density at radius 1 is 1.24 bits per heavy atom. The zero-order chi connectivity index (χ0) is 17.6. The molecule has 3 rings (SSSR count). The lowest BCUT2D eigenvalue weighted by Crippen LogP contribution is -2.32. The van der Waals surface area contributed by atoms with Crippen molar-refractivity contribution in [3.8, 4) is 0 Å². The van der Waals surface area contributed by atoms with Crippen LogP contribution in [0.15, 0.2) is 21.1 Å². The number of rotatable bonds is 8. The Morgan fingerprint density at radius 3 is 2.68 bits per heavy atom. The summed E-state index contributed by atoms with van der Waals surface area (Å²) in [6.45, 7) is 6.74. The van der Waals surface area contributed by atoms with E-state index in [1.54, 1.807) is 7.11 Å². The summed E-state index contributed by atoms with van der Waals surface area (Å²) in [6.07, 6.45) is 1.95. The highest BCUT2D eigenvalue weighted by molar-refractivity contribution is 5.07. The van der Waals surface area contributed by atoms with Crippen LogP contribution in [0.25, 0.3) is 0 Å². The van der Waals surface area contributed by atoms with E-state index in [9.17, 15) is 0 Å². The number of ether oxygens (including phenoxy) is 2. The highest BCUT2D eigenvalue weighted by Crippen LogP contribution is 2.30. The third kappa shape index (κ3) is 4.68. The SMILES string of the molecule is COCc1ccc(CN[C@H](c2nc(C(C)C)no2)C2CCOCC2)o1. The van der Waals surface area contributed by atoms with E-state index in [4.69, 9.17) is 18.4 Å². The molecule has 3 heterocycles. The number of nitrogens with zero attached hydrogens (tertiary/aromatic N) is 2. The van der Waals surface area contributed by atoms with E-state index in [0.717, 1.165) is 43.4 Å². The first-order chi connectivity index (χ1) is 12.2. The lowest BCUT2D eigenvalue weighted by Gasteiger charge is -2.28. The Hall–Kier alpha value is -1.70. The van der Waals surface area contributed by atoms with Gasteiger partial charge in [-0.1, -0.05) is 19.0 Å². The van der Waals surface area contributed by atoms with E-state index in [2.05, 4.69) is 29.3 Å². The fourth-order valence-corrected chi connectivity index (χ4v) is 3.06. The lowest BCUT2D eigenvalue weighted by atomic mass is 9.91. The lowest BCUT2D eigenvalue weighted by molar-refractivity contribution is 0.0482. The third-order valence-electron chi connectivity index (χ3n) is 4.48. The van der Waals surface area contributed by atoms with E-state index in [0.29, 0.717) is 25.0 Å². The maximum absolute atomic E-state index is 5.76. The summed E-state index contributed by atoms with van der Waals surface area (Å²) in [6, 6.07) is 3.91. The Bertz CT molecular complexity index is 646. The van der Waals surface area contributed by atoms with Crippen LogP contribution in [0.1, 0.15) is 61.9 Å². The average Bonchev–Trinajstić information content (AvgIpc) is 3.26. The van der Waals surface area contributed by atoms with Crippen molar-refractivity contribution in [1.82, 2.24) is 15.5 Å². The molecule has 1 aliphatic heterocycles. The highest BCUT2D eigenvalue weighted by Gasteiger charge is 2.30. The Kier molecular flexibility index (Phi) is 6.23. The van der Waals surface area contributed by atoms with Crippen LogP contribution in [0.5, 0.6) is 0 Å². The molecule has 7 nitrogen and oxygen atoms in total. The minimum absolute atomic E-state index is 0.000116. The number of hydrogen-bond acceptors (Lipinski definition) is 7. The fraction of sp³-hybridized carbons (Fsp3) is 0.667. The van der Waals surface area contributed by atoms with Crippen LogP contribution >= 0.6 is 0 Å². The molecule has 0 amide bonds. The molecule has 25 heavy (non-hydrogen) atoms. The van der Waals surface area contributed by atoms with Gasteiger partial charge in [-0.3, -0.25) is 5.32 Å². The van der Waals surface area contributed by atoms with Crippen molar-refractivity contribution in [3.05, 3.63) is 35.4 Å². The standard InChI is InChI=1S/C18H27N3O4/c1-12(2)17-20-18(25-21-17)16(13-6-8-23-9-7-13)19-10-14-4-5-15(24-14)11-22-3/h4-5,12-13,16,19H,6-11H2,1-3H3/t16-/m0/s1. The van der Waals surface area contributed by atoms with Gasteiger partial charge in [0.2, 0.25) is 5.89 Å². The molecule has 0 unspecified atom stereocenters. The molecule has 2 aromatic rings. The summed E-state index contributed by atoms with van der Waals surface area (Å²) in [5, 5.41) is 7.66. The second kappa shape index (κ2) is 8.60. The third-order valence-corrected chi connectivity index (χ3v) is 4.48. The van der Waals surface area contributed by atoms with Gasteiger partial charge in [0.05, 0.1) is 12.6 Å². The molecule has 1 atom stereocenters. The molecule has 0 spiro atoms. The van der Waals surface area contributed by atoms with Gasteiger partial charge in [-0.2, -0.15) is 4.98 Å². The van der Waals surface area contributed by atoms with Gasteiger partial charge in [0.25, 0.3) is 0 Å². The van der Waals surface area contributed by atoms with Gasteiger partial charge in [0.1, 0.15) is 18.1 Å². The number of hydrogen-bond donors (Lipinski definition) is 1. The van der Waals surface area contributed by atoms with E-state index in [-0.39, 0.29) is 12.0 Å². The highest BCUT2D eigenvalue weighted by atomic mass is 16.5. The van der Waals surface area contributed by atoms with E-state index >= 15 is 0 Å². The number of nitrogens with one attached hydrogen (secondary N) is 1. The zero-order valence-corrected chi connectivity index (χ0v) is 15.2. The molecule has 1 aliphatic rings. The van der Waals surface area contributed by atoms with Crippen LogP contribution in [-0.2, 0) is 22.6 Å². The normalized spacial score (nSPS) is 17.3. The van der Waals surface area contributed by atoms with Crippen LogP contribution in [-0.4, -0.2) is 30.5 Å². The average molecular weight is 349 g/mol. The predicted octanol–water partition coefficient (Wildman–Crippen LogP) is 3.19. The molecule has 0 saturated carbocycles. The fourth-order valence-electron chi connectivity index (χ4n) is 3.06. The Balaban J connectivity index is 1.70. The molecular formula is C18H27N3O4. The van der Waals surface area contributed by atoms with Gasteiger partial charge in [-0.15, -0.1) is 0 Å². The molecule has 2 aromatic heterocycles. The first kappa shape index (κ1) is 18.1. The van der Waals surface area contributed by atoms with E-state index in [1.165, 1.54) is 0 Å². The predicted molar refractivity (Wildman–Crippen MR) is 90.9 cm³/mol. The van der Waals surface area contributed by atoms with Crippen LogP contribution in [0.4, 0.5) is 0 Å². The van der Waals surface area contributed by atoms with Crippen molar-refractivity contribution in [1.29, 1.82) is 0 Å². The first-order valence-electron chi connectivity index (χ1n) is 8.88. The van der Waals surface area contributed by atoms with Crippen molar-refractivity contribution in [2.75, 3.05) is 20.3 Å². The molecule has 1 N–H and O–H groups in total. The molecule has 138 valence electrons. The maximum Gasteiger partial charge on any atom is 0.244 e. The summed E-state index contributed by atoms with van der Waals surface area (Å²) in [4.78, 5) is 4.60. The molecule has 0 aromatic carbocycles. The second-order valence-corrected chi connectivity index (χ2v) is 6.75. The van der Waals surface area contributed by atoms with Crippen LogP contribution in [0, 0.1) is 5.92 Å². The molecular weight excluding hydrogens is 322 g/mol. The minimum atomic E-state index is -0.000116. The summed E-state index contributed by atoms with van der Waals surface area (Å²) in [5.41, 5.74) is 0. The summed E-state index contributed by atoms with van der Waals surface area (Å²) >= 11 is 0. The number of furan rings is 1. The monoisotopic (exact) mass is 349 g/mol. The van der Waals surface area contributed by atoms with Gasteiger partial charge in [-0.25, -0.2) is 0 Å². The Morgan fingerprint density at radius 2 is 2.00 bits per heavy atom. The molecule has 1 fully saturated rings. The summed E-state index contributed by atoms with van der Waals surface area (Å²) in [5.74, 6) is 3.74. The number of aromatic nitrogens is 2. The van der Waals surface area contributed by atoms with Crippen LogP contribution in [0.2, 0.25) is 0 Å². The van der Waals surface area contributed by atoms with Gasteiger partial charge in [0.15, 0.2) is 5.82 Å². The van der Waals surface area contributed by atoms with Gasteiger partial charge in [-0.05, 0) is 30.9 Å². The quantitative estimate of drug-likeness (QED) is 0.783. The van der Waals surface area contributed by atoms with Crippen LogP contribution in [0.3, 0.4) is 0 Å². The van der Waals surface area contributed by atoms with E-state index in [1.807, 2.05) is 12.1 Å². The minimum Gasteiger partial charge on any atom is -0.462 e. The van der Waals surface area contributed by atoms with Crippen molar-refractivity contribution in [2.45, 2.75) is 51.8 Å². The molecule has 1 saturated heterocycles. The molecule has 7 heteroatoms. The van der Waals surface area contributed by atoms with Gasteiger partial charge in [0, 0.05) is 26.2 Å². The second-order valence-electron chi connectivity index (χ2n) is 6.75.